The van der Waals surface area contributed by atoms with E-state index in [1.54, 1.807) is 37.3 Å². The molecule has 0 bridgehead atoms. The highest BCUT2D eigenvalue weighted by atomic mass is 16.5. The number of methoxy groups -OCH3 is 1. The van der Waals surface area contributed by atoms with Crippen molar-refractivity contribution in [3.63, 3.8) is 0 Å². The number of hydrogen-bond acceptors (Lipinski definition) is 6. The van der Waals surface area contributed by atoms with E-state index in [0.717, 1.165) is 12.1 Å². The largest absolute Gasteiger partial charge is 0.495 e. The average molecular weight is 449 g/mol. The van der Waals surface area contributed by atoms with Gasteiger partial charge in [-0.25, -0.2) is 9.97 Å². The predicted octanol–water partition coefficient (Wildman–Crippen LogP) is 3.52. The maximum Gasteiger partial charge on any atom is 0.274 e. The van der Waals surface area contributed by atoms with Gasteiger partial charge in [-0.15, -0.1) is 0 Å². The molecule has 0 unspecified atom stereocenters. The lowest BCUT2D eigenvalue weighted by Gasteiger charge is -2.15. The molecule has 1 atom stereocenters. The topological polar surface area (TPSA) is 113 Å². The first-order valence-corrected chi connectivity index (χ1v) is 11.0. The minimum absolute atomic E-state index is 0.0162. The number of nitrogens with one attached hydrogen (secondary N) is 2. The average Bonchev–Trinajstić information content (AvgIpc) is 3.49. The van der Waals surface area contributed by atoms with E-state index in [4.69, 9.17) is 4.74 Å². The Morgan fingerprint density at radius 1 is 1.27 bits per heavy atom. The van der Waals surface area contributed by atoms with Crippen molar-refractivity contribution in [1.82, 2.24) is 25.1 Å². The van der Waals surface area contributed by atoms with Gasteiger partial charge in [-0.3, -0.25) is 14.7 Å². The third kappa shape index (κ3) is 4.72. The lowest BCUT2D eigenvalue weighted by molar-refractivity contribution is 0.0784. The third-order valence-corrected chi connectivity index (χ3v) is 5.88. The van der Waals surface area contributed by atoms with E-state index < -0.39 is 0 Å². The fourth-order valence-corrected chi connectivity index (χ4v) is 3.90. The summed E-state index contributed by atoms with van der Waals surface area (Å²) in [5.74, 6) is 1.12. The summed E-state index contributed by atoms with van der Waals surface area (Å²) in [5.41, 5.74) is 2.94. The molecule has 1 fully saturated rings. The first kappa shape index (κ1) is 22.4. The number of carbonyl (C=O) groups excluding carboxylic acids is 2. The van der Waals surface area contributed by atoms with Crippen molar-refractivity contribution >= 4 is 17.5 Å². The van der Waals surface area contributed by atoms with Crippen LogP contribution in [0.4, 0.5) is 5.69 Å². The van der Waals surface area contributed by atoms with Crippen LogP contribution in [0.15, 0.2) is 36.5 Å². The minimum Gasteiger partial charge on any atom is -0.495 e. The monoisotopic (exact) mass is 448 g/mol. The third-order valence-electron chi connectivity index (χ3n) is 5.88. The molecule has 4 rings (SSSR count). The van der Waals surface area contributed by atoms with Gasteiger partial charge < -0.3 is 15.0 Å². The van der Waals surface area contributed by atoms with Crippen molar-refractivity contribution in [1.29, 1.82) is 0 Å². The molecule has 0 spiro atoms. The van der Waals surface area contributed by atoms with Crippen LogP contribution in [0.5, 0.6) is 5.75 Å². The van der Waals surface area contributed by atoms with Crippen molar-refractivity contribution in [2.45, 2.75) is 39.0 Å². The SMILES string of the molecule is COc1ccccc1NC(=O)c1cnc([C@@H]2CCN(C(=O)c3cc(C(C)C)[nH]n3)C2)nc1C. The molecule has 172 valence electrons. The summed E-state index contributed by atoms with van der Waals surface area (Å²) in [6.45, 7) is 7.03. The molecule has 1 saturated heterocycles. The number of amides is 2. The van der Waals surface area contributed by atoms with Gasteiger partial charge in [0, 0.05) is 30.9 Å². The van der Waals surface area contributed by atoms with E-state index in [1.807, 2.05) is 32.0 Å². The van der Waals surface area contributed by atoms with Gasteiger partial charge in [-0.05, 0) is 37.5 Å². The molecule has 0 saturated carbocycles. The molecule has 3 aromatic rings. The molecule has 33 heavy (non-hydrogen) atoms. The number of benzene rings is 1. The van der Waals surface area contributed by atoms with E-state index in [0.29, 0.717) is 47.3 Å². The molecule has 0 radical (unpaired) electrons. The summed E-state index contributed by atoms with van der Waals surface area (Å²) in [6.07, 6.45) is 2.31. The number of aryl methyl sites for hydroxylation is 1. The number of rotatable bonds is 6. The first-order chi connectivity index (χ1) is 15.9. The van der Waals surface area contributed by atoms with Gasteiger partial charge in [0.1, 0.15) is 17.3 Å². The van der Waals surface area contributed by atoms with E-state index in [-0.39, 0.29) is 23.7 Å². The second kappa shape index (κ2) is 9.40. The summed E-state index contributed by atoms with van der Waals surface area (Å²) in [4.78, 5) is 36.4. The second-order valence-corrected chi connectivity index (χ2v) is 8.48. The maximum atomic E-state index is 12.8. The maximum absolute atomic E-state index is 12.8. The fourth-order valence-electron chi connectivity index (χ4n) is 3.90. The normalized spacial score (nSPS) is 15.7. The number of nitrogens with zero attached hydrogens (tertiary/aromatic N) is 4. The van der Waals surface area contributed by atoms with Crippen molar-refractivity contribution < 1.29 is 14.3 Å². The standard InChI is InChI=1S/C24H28N6O3/c1-14(2)19-11-20(29-28-19)24(32)30-10-9-16(13-30)22-25-12-17(15(3)26-22)23(31)27-18-7-5-6-8-21(18)33-4/h5-8,11-12,14,16H,9-10,13H2,1-4H3,(H,27,31)(H,28,29)/t16-/m1/s1. The summed E-state index contributed by atoms with van der Waals surface area (Å²) in [6, 6.07) is 9.03. The van der Waals surface area contributed by atoms with E-state index >= 15 is 0 Å². The first-order valence-electron chi connectivity index (χ1n) is 11.0. The van der Waals surface area contributed by atoms with Crippen LogP contribution >= 0.6 is 0 Å². The lowest BCUT2D eigenvalue weighted by Crippen LogP contribution is -2.29. The van der Waals surface area contributed by atoms with Crippen molar-refractivity contribution in [3.8, 4) is 5.75 Å². The van der Waals surface area contributed by atoms with Crippen LogP contribution in [0.2, 0.25) is 0 Å². The van der Waals surface area contributed by atoms with Crippen LogP contribution in [-0.4, -0.2) is 57.1 Å². The highest BCUT2D eigenvalue weighted by Crippen LogP contribution is 2.27. The second-order valence-electron chi connectivity index (χ2n) is 8.48. The van der Waals surface area contributed by atoms with E-state index in [9.17, 15) is 9.59 Å². The zero-order chi connectivity index (χ0) is 23.5. The van der Waals surface area contributed by atoms with Gasteiger partial charge in [0.25, 0.3) is 11.8 Å². The Morgan fingerprint density at radius 3 is 2.76 bits per heavy atom. The quantitative estimate of drug-likeness (QED) is 0.597. The molecule has 0 aliphatic carbocycles. The number of carbonyl (C=O) groups is 2. The molecular formula is C24H28N6O3. The fraction of sp³-hybridized carbons (Fsp3) is 0.375. The van der Waals surface area contributed by atoms with Gasteiger partial charge in [0.2, 0.25) is 0 Å². The predicted molar refractivity (Wildman–Crippen MR) is 124 cm³/mol. The van der Waals surface area contributed by atoms with Gasteiger partial charge in [-0.2, -0.15) is 5.10 Å². The molecule has 2 N–H and O–H groups in total. The number of H-pyrrole nitrogens is 1. The Labute approximate surface area is 192 Å². The number of anilines is 1. The van der Waals surface area contributed by atoms with Crippen LogP contribution in [-0.2, 0) is 0 Å². The Balaban J connectivity index is 1.43. The molecular weight excluding hydrogens is 420 g/mol. The number of likely N-dealkylation sites (tertiary alicyclic amines) is 1. The highest BCUT2D eigenvalue weighted by molar-refractivity contribution is 6.05. The van der Waals surface area contributed by atoms with Crippen molar-refractivity contribution in [2.75, 3.05) is 25.5 Å². The molecule has 1 aliphatic heterocycles. The van der Waals surface area contributed by atoms with E-state index in [1.165, 1.54) is 0 Å². The highest BCUT2D eigenvalue weighted by Gasteiger charge is 2.31. The molecule has 2 amide bonds. The number of aromatic nitrogens is 4. The number of ether oxygens (including phenoxy) is 1. The van der Waals surface area contributed by atoms with Crippen LogP contribution in [0.25, 0.3) is 0 Å². The van der Waals surface area contributed by atoms with Gasteiger partial charge in [-0.1, -0.05) is 26.0 Å². The van der Waals surface area contributed by atoms with Crippen LogP contribution in [0.3, 0.4) is 0 Å². The molecule has 9 nitrogen and oxygen atoms in total. The summed E-state index contributed by atoms with van der Waals surface area (Å²) in [7, 11) is 1.55. The molecule has 1 aromatic carbocycles. The van der Waals surface area contributed by atoms with E-state index in [2.05, 4.69) is 25.5 Å². The molecule has 9 heteroatoms. The number of hydrogen-bond donors (Lipinski definition) is 2. The van der Waals surface area contributed by atoms with Crippen molar-refractivity contribution in [2.24, 2.45) is 0 Å². The summed E-state index contributed by atoms with van der Waals surface area (Å²) >= 11 is 0. The Bertz CT molecular complexity index is 1170. The molecule has 3 heterocycles. The van der Waals surface area contributed by atoms with Crippen LogP contribution < -0.4 is 10.1 Å². The van der Waals surface area contributed by atoms with Gasteiger partial charge in [0.05, 0.1) is 24.1 Å². The summed E-state index contributed by atoms with van der Waals surface area (Å²) in [5, 5.41) is 9.95. The Kier molecular flexibility index (Phi) is 6.39. The van der Waals surface area contributed by atoms with Gasteiger partial charge >= 0.3 is 0 Å². The summed E-state index contributed by atoms with van der Waals surface area (Å²) < 4.78 is 5.29. The smallest absolute Gasteiger partial charge is 0.274 e. The van der Waals surface area contributed by atoms with Gasteiger partial charge in [0.15, 0.2) is 0 Å². The van der Waals surface area contributed by atoms with Crippen molar-refractivity contribution in [3.05, 3.63) is 65.0 Å². The zero-order valence-electron chi connectivity index (χ0n) is 19.3. The minimum atomic E-state index is -0.300. The Hall–Kier alpha value is -3.75. The van der Waals surface area contributed by atoms with Crippen LogP contribution in [0, 0.1) is 6.92 Å². The molecule has 1 aliphatic rings. The van der Waals surface area contributed by atoms with Crippen LogP contribution in [0.1, 0.15) is 70.2 Å². The number of aromatic amines is 1. The molecule has 2 aromatic heterocycles. The Morgan fingerprint density at radius 2 is 2.06 bits per heavy atom. The zero-order valence-corrected chi connectivity index (χ0v) is 19.3. The lowest BCUT2D eigenvalue weighted by atomic mass is 10.1. The number of para-hydroxylation sites is 2.